The molecule has 13 heteroatoms. The van der Waals surface area contributed by atoms with Gasteiger partial charge in [0.15, 0.2) is 0 Å². The van der Waals surface area contributed by atoms with E-state index in [0.717, 1.165) is 31.5 Å². The number of hydrogen-bond acceptors (Lipinski definition) is 13. The van der Waals surface area contributed by atoms with Gasteiger partial charge in [0.1, 0.15) is 12.7 Å². The number of piperidine rings is 1. The van der Waals surface area contributed by atoms with Crippen molar-refractivity contribution in [1.82, 2.24) is 5.32 Å². The van der Waals surface area contributed by atoms with E-state index in [2.05, 4.69) is 101 Å². The normalized spacial score (nSPS) is 15.6. The zero-order valence-electron chi connectivity index (χ0n) is 54.6. The van der Waals surface area contributed by atoms with Gasteiger partial charge in [0.05, 0.1) is 18.8 Å². The Bertz CT molecular complexity index is 2380. The molecule has 0 amide bonds. The van der Waals surface area contributed by atoms with Crippen LogP contribution in [0.3, 0.4) is 0 Å². The van der Waals surface area contributed by atoms with Gasteiger partial charge < -0.3 is 33.7 Å². The van der Waals surface area contributed by atoms with E-state index < -0.39 is 18.7 Å². The second-order valence-corrected chi connectivity index (χ2v) is 19.3. The van der Waals surface area contributed by atoms with Gasteiger partial charge in [-0.1, -0.05) is 185 Å². The summed E-state index contributed by atoms with van der Waals surface area (Å²) in [5.74, 6) is 2.36. The van der Waals surface area contributed by atoms with Crippen LogP contribution in [0.4, 0.5) is 0 Å². The molecule has 85 heavy (non-hydrogen) atoms. The van der Waals surface area contributed by atoms with Crippen LogP contribution >= 0.6 is 0 Å². The molecule has 0 atom stereocenters. The first-order chi connectivity index (χ1) is 40.7. The highest BCUT2D eigenvalue weighted by Crippen LogP contribution is 2.53. The molecule has 9 rings (SSSR count). The molecule has 13 nitrogen and oxygen atoms in total. The summed E-state index contributed by atoms with van der Waals surface area (Å²) in [6, 6.07) is 34.7. The fourth-order valence-electron chi connectivity index (χ4n) is 8.55. The number of esters is 6. The van der Waals surface area contributed by atoms with Gasteiger partial charge in [0.25, 0.3) is 0 Å². The van der Waals surface area contributed by atoms with E-state index in [-0.39, 0.29) is 35.6 Å². The van der Waals surface area contributed by atoms with Crippen LogP contribution in [0.1, 0.15) is 171 Å². The minimum Gasteiger partial charge on any atom is -0.463 e. The summed E-state index contributed by atoms with van der Waals surface area (Å²) in [4.78, 5) is 65.2. The molecular formula is C72H107NO12. The number of fused-ring (bicyclic) bond motifs is 1. The van der Waals surface area contributed by atoms with E-state index in [1.807, 2.05) is 85.7 Å². The number of nitrogens with one attached hydrogen (secondary N) is 1. The van der Waals surface area contributed by atoms with E-state index in [4.69, 9.17) is 14.2 Å². The van der Waals surface area contributed by atoms with Gasteiger partial charge in [0, 0.05) is 27.9 Å². The molecule has 0 spiro atoms. The molecule has 472 valence electrons. The fraction of sp³-hybridized carbons (Fsp3) is 0.472. The topological polar surface area (TPSA) is 170 Å². The van der Waals surface area contributed by atoms with Crippen LogP contribution in [-0.4, -0.2) is 75.0 Å². The predicted molar refractivity (Wildman–Crippen MR) is 349 cm³/mol. The monoisotopic (exact) mass is 1180 g/mol. The summed E-state index contributed by atoms with van der Waals surface area (Å²) in [5.41, 5.74) is 3.46. The molecule has 1 N–H and O–H groups in total. The molecule has 4 aromatic rings. The van der Waals surface area contributed by atoms with Crippen molar-refractivity contribution in [3.05, 3.63) is 181 Å². The lowest BCUT2D eigenvalue weighted by Crippen LogP contribution is -2.38. The number of carbonyl (C=O) groups is 6. The average Bonchev–Trinajstić information content (AvgIpc) is 3.63. The Labute approximate surface area is 512 Å². The molecule has 4 aliphatic carbocycles. The molecule has 4 aromatic carbocycles. The smallest absolute Gasteiger partial charge is 0.340 e. The molecular weight excluding hydrogens is 1070 g/mol. The molecule has 1 aliphatic heterocycles. The van der Waals surface area contributed by atoms with Crippen LogP contribution in [0.2, 0.25) is 0 Å². The molecule has 1 heterocycles. The van der Waals surface area contributed by atoms with Crippen LogP contribution in [0.15, 0.2) is 170 Å². The molecule has 5 aliphatic rings. The molecule has 0 aromatic heterocycles. The fourth-order valence-corrected chi connectivity index (χ4v) is 8.55. The summed E-state index contributed by atoms with van der Waals surface area (Å²) in [6.07, 6.45) is 11.5. The molecule has 1 saturated heterocycles. The van der Waals surface area contributed by atoms with Crippen molar-refractivity contribution in [2.24, 2.45) is 23.7 Å². The summed E-state index contributed by atoms with van der Waals surface area (Å²) < 4.78 is 28.6. The average molecular weight is 1180 g/mol. The maximum absolute atomic E-state index is 11.4. The highest BCUT2D eigenvalue weighted by molar-refractivity contribution is 5.90. The van der Waals surface area contributed by atoms with Crippen molar-refractivity contribution in [2.75, 3.05) is 33.1 Å². The Balaban J connectivity index is -0.000000913. The van der Waals surface area contributed by atoms with Crippen LogP contribution in [0, 0.1) is 23.7 Å². The number of ether oxygens (including phenoxy) is 6. The van der Waals surface area contributed by atoms with E-state index in [1.165, 1.54) is 41.4 Å². The minimum absolute atomic E-state index is 0.0930. The standard InChI is InChI=1S/C12H12O4.C11H12O2.C10H16.C10H8.C9H15NO2.2C6H10O2.4C2H6/c1-9(2)11(13)15-8-16-12(14)10-6-4-3-5-7-10;1-9(2)11(12)13-8-10-6-4-3-5-7-10;1-7-2-9-4-8(1)5-10(3-7)6-9;1-2-6-10-8-4-3-7-9(10)5-1;1-7(2)9(11)12-8-3-5-10-6-4-8;2*1-4-8-6(7)5(2)3;4*1-2/h3-7H,1,8H2,2H3;3-7H,1,8H2,2H3;7-10H,1-6H2;1-8H;8,10H,1,3-6H2,2H3;2*2,4H2,1,3H3;4*1-2H3. The maximum Gasteiger partial charge on any atom is 0.340 e. The summed E-state index contributed by atoms with van der Waals surface area (Å²) in [7, 11) is 0. The summed E-state index contributed by atoms with van der Waals surface area (Å²) >= 11 is 0. The Morgan fingerprint density at radius 1 is 0.412 bits per heavy atom. The SMILES string of the molecule is C1C2CC3CC1CC(C2)C3.C=C(C)C(=O)OC1CCNCC1.C=C(C)C(=O)OCC.C=C(C)C(=O)OCC.C=C(C)C(=O)OCOC(=O)c1ccccc1.C=C(C)C(=O)OCc1ccccc1.CC.CC.CC.CC.c1ccc2ccccc2c1. The van der Waals surface area contributed by atoms with Gasteiger partial charge in [-0.05, 0) is 165 Å². The lowest BCUT2D eigenvalue weighted by atomic mass is 9.56. The molecule has 5 fully saturated rings. The molecule has 0 radical (unpaired) electrons. The van der Waals surface area contributed by atoms with Gasteiger partial charge in [-0.2, -0.15) is 0 Å². The molecule has 4 saturated carbocycles. The number of rotatable bonds is 13. The van der Waals surface area contributed by atoms with Crippen molar-refractivity contribution >= 4 is 46.6 Å². The zero-order chi connectivity index (χ0) is 65.1. The Morgan fingerprint density at radius 2 is 0.718 bits per heavy atom. The van der Waals surface area contributed by atoms with Gasteiger partial charge >= 0.3 is 35.8 Å². The first kappa shape index (κ1) is 81.8. The lowest BCUT2D eigenvalue weighted by molar-refractivity contribution is -0.147. The molecule has 4 bridgehead atoms. The minimum atomic E-state index is -0.583. The van der Waals surface area contributed by atoms with Crippen LogP contribution < -0.4 is 5.32 Å². The van der Waals surface area contributed by atoms with Gasteiger partial charge in [-0.25, -0.2) is 28.8 Å². The number of carbonyl (C=O) groups excluding carboxylic acids is 6. The number of hydrogen-bond donors (Lipinski definition) is 1. The van der Waals surface area contributed by atoms with Gasteiger partial charge in [-0.3, -0.25) is 0 Å². The lowest BCUT2D eigenvalue weighted by Gasteiger charge is -2.49. The van der Waals surface area contributed by atoms with Gasteiger partial charge in [0.2, 0.25) is 6.79 Å². The Hall–Kier alpha value is -7.38. The Morgan fingerprint density at radius 3 is 1.04 bits per heavy atom. The van der Waals surface area contributed by atoms with Crippen molar-refractivity contribution in [2.45, 2.75) is 168 Å². The van der Waals surface area contributed by atoms with Crippen LogP contribution in [0.25, 0.3) is 10.8 Å². The second-order valence-electron chi connectivity index (χ2n) is 19.3. The molecule has 0 unspecified atom stereocenters. The second kappa shape index (κ2) is 52.2. The van der Waals surface area contributed by atoms with Crippen molar-refractivity contribution < 1.29 is 57.2 Å². The quantitative estimate of drug-likeness (QED) is 0.0581. The number of benzene rings is 4. The highest BCUT2D eigenvalue weighted by Gasteiger charge is 2.41. The van der Waals surface area contributed by atoms with E-state index in [1.54, 1.807) is 110 Å². The van der Waals surface area contributed by atoms with Crippen LogP contribution in [-0.2, 0) is 59.0 Å². The summed E-state index contributed by atoms with van der Waals surface area (Å²) in [6.45, 7) is 47.4. The van der Waals surface area contributed by atoms with Crippen molar-refractivity contribution in [3.63, 3.8) is 0 Å². The summed E-state index contributed by atoms with van der Waals surface area (Å²) in [5, 5.41) is 5.82. The van der Waals surface area contributed by atoms with Crippen molar-refractivity contribution in [3.8, 4) is 0 Å². The van der Waals surface area contributed by atoms with E-state index >= 15 is 0 Å². The third-order valence-electron chi connectivity index (χ3n) is 12.1. The predicted octanol–water partition coefficient (Wildman–Crippen LogP) is 17.1. The van der Waals surface area contributed by atoms with E-state index in [9.17, 15) is 28.8 Å². The highest BCUT2D eigenvalue weighted by atomic mass is 16.7. The van der Waals surface area contributed by atoms with E-state index in [0.29, 0.717) is 47.7 Å². The van der Waals surface area contributed by atoms with Crippen molar-refractivity contribution in [1.29, 1.82) is 0 Å². The third kappa shape index (κ3) is 39.7. The maximum atomic E-state index is 11.4. The Kier molecular flexibility index (Phi) is 50.3. The first-order valence-electron chi connectivity index (χ1n) is 30.3. The largest absolute Gasteiger partial charge is 0.463 e. The van der Waals surface area contributed by atoms with Crippen LogP contribution in [0.5, 0.6) is 0 Å². The third-order valence-corrected chi connectivity index (χ3v) is 12.1. The first-order valence-corrected chi connectivity index (χ1v) is 30.3. The van der Waals surface area contributed by atoms with Gasteiger partial charge in [-0.15, -0.1) is 0 Å². The zero-order valence-corrected chi connectivity index (χ0v) is 54.6.